The van der Waals surface area contributed by atoms with Gasteiger partial charge in [0, 0.05) is 19.6 Å². The Kier molecular flexibility index (Phi) is 3.94. The van der Waals surface area contributed by atoms with Crippen LogP contribution in [0, 0.1) is 0 Å². The fourth-order valence-corrected chi connectivity index (χ4v) is 3.29. The van der Waals surface area contributed by atoms with E-state index >= 15 is 0 Å². The van der Waals surface area contributed by atoms with Gasteiger partial charge in [0.2, 0.25) is 0 Å². The molecule has 0 bridgehead atoms. The second-order valence-electron chi connectivity index (χ2n) is 6.47. The van der Waals surface area contributed by atoms with Crippen molar-refractivity contribution in [1.82, 2.24) is 9.80 Å². The highest BCUT2D eigenvalue weighted by Crippen LogP contribution is 2.33. The number of rotatable bonds is 1. The number of halogens is 1. The third-order valence-electron chi connectivity index (χ3n) is 3.68. The maximum Gasteiger partial charge on any atom is 0.410 e. The molecule has 1 saturated heterocycles. The monoisotopic (exact) mass is 361 g/mol. The molecule has 2 unspecified atom stereocenters. The van der Waals surface area contributed by atoms with Crippen LogP contribution in [0.1, 0.15) is 27.7 Å². The SMILES string of the molecule is CC(C)(C)OC(=O)N1CCN2C(Br)=NC(C)(C(=O)O)C2C1. The number of carbonyl (C=O) groups excluding carboxylic acids is 1. The quantitative estimate of drug-likeness (QED) is 0.715. The lowest BCUT2D eigenvalue weighted by Gasteiger charge is -2.41. The van der Waals surface area contributed by atoms with E-state index in [2.05, 4.69) is 20.9 Å². The van der Waals surface area contributed by atoms with Crippen molar-refractivity contribution in [2.75, 3.05) is 19.6 Å². The van der Waals surface area contributed by atoms with E-state index < -0.39 is 29.2 Å². The molecule has 2 atom stereocenters. The molecule has 0 aliphatic carbocycles. The van der Waals surface area contributed by atoms with Gasteiger partial charge >= 0.3 is 12.1 Å². The smallest absolute Gasteiger partial charge is 0.410 e. The fraction of sp³-hybridized carbons (Fsp3) is 0.769. The van der Waals surface area contributed by atoms with Crippen LogP contribution in [-0.2, 0) is 9.53 Å². The number of aliphatic carboxylic acids is 1. The standard InChI is InChI=1S/C13H20BrN3O4/c1-12(2,3)21-11(20)16-5-6-17-8(7-16)13(4,9(18)19)15-10(17)14/h8H,5-7H2,1-4H3,(H,18,19). The zero-order valence-corrected chi connectivity index (χ0v) is 14.2. The number of carboxylic acid groups (broad SMARTS) is 1. The molecule has 118 valence electrons. The number of carbonyl (C=O) groups is 2. The van der Waals surface area contributed by atoms with Gasteiger partial charge in [-0.05, 0) is 43.6 Å². The number of amidine groups is 1. The Morgan fingerprint density at radius 2 is 2.05 bits per heavy atom. The number of ether oxygens (including phenoxy) is 1. The maximum absolute atomic E-state index is 12.2. The second-order valence-corrected chi connectivity index (χ2v) is 7.18. The molecule has 8 heteroatoms. The Bertz CT molecular complexity index is 502. The van der Waals surface area contributed by atoms with Gasteiger partial charge in [-0.15, -0.1) is 0 Å². The van der Waals surface area contributed by atoms with E-state index in [1.807, 2.05) is 4.90 Å². The predicted molar refractivity (Wildman–Crippen MR) is 80.7 cm³/mol. The van der Waals surface area contributed by atoms with Crippen molar-refractivity contribution >= 4 is 32.7 Å². The third-order valence-corrected chi connectivity index (χ3v) is 4.31. The van der Waals surface area contributed by atoms with Gasteiger partial charge in [-0.25, -0.2) is 14.6 Å². The summed E-state index contributed by atoms with van der Waals surface area (Å²) in [5, 5.41) is 9.45. The Balaban J connectivity index is 2.15. The normalized spacial score (nSPS) is 29.0. The average Bonchev–Trinajstić information content (AvgIpc) is 2.60. The van der Waals surface area contributed by atoms with Gasteiger partial charge in [0.15, 0.2) is 10.3 Å². The molecule has 2 rings (SSSR count). The van der Waals surface area contributed by atoms with Crippen molar-refractivity contribution < 1.29 is 19.4 Å². The molecule has 21 heavy (non-hydrogen) atoms. The summed E-state index contributed by atoms with van der Waals surface area (Å²) >= 11 is 3.31. The highest BCUT2D eigenvalue weighted by atomic mass is 79.9. The number of hydrogen-bond donors (Lipinski definition) is 1. The highest BCUT2D eigenvalue weighted by molar-refractivity contribution is 9.18. The summed E-state index contributed by atoms with van der Waals surface area (Å²) in [6.45, 7) is 8.26. The van der Waals surface area contributed by atoms with Gasteiger partial charge in [0.1, 0.15) is 5.60 Å². The zero-order chi connectivity index (χ0) is 16.0. The molecule has 1 N–H and O–H groups in total. The average molecular weight is 362 g/mol. The zero-order valence-electron chi connectivity index (χ0n) is 12.6. The van der Waals surface area contributed by atoms with E-state index in [4.69, 9.17) is 4.74 Å². The van der Waals surface area contributed by atoms with Crippen LogP contribution in [0.5, 0.6) is 0 Å². The maximum atomic E-state index is 12.2. The minimum absolute atomic E-state index is 0.274. The van der Waals surface area contributed by atoms with Gasteiger partial charge in [0.05, 0.1) is 6.04 Å². The number of amides is 1. The van der Waals surface area contributed by atoms with Crippen LogP contribution < -0.4 is 0 Å². The first-order valence-corrected chi connectivity index (χ1v) is 7.57. The fourth-order valence-electron chi connectivity index (χ4n) is 2.50. The van der Waals surface area contributed by atoms with E-state index in [1.54, 1.807) is 32.6 Å². The minimum Gasteiger partial charge on any atom is -0.479 e. The van der Waals surface area contributed by atoms with Gasteiger partial charge in [-0.1, -0.05) is 0 Å². The lowest BCUT2D eigenvalue weighted by atomic mass is 9.91. The Hall–Kier alpha value is -1.31. The van der Waals surface area contributed by atoms with E-state index in [-0.39, 0.29) is 6.54 Å². The molecule has 0 aromatic rings. The van der Waals surface area contributed by atoms with Crippen LogP contribution in [0.2, 0.25) is 0 Å². The molecule has 2 heterocycles. The lowest BCUT2D eigenvalue weighted by molar-refractivity contribution is -0.144. The Morgan fingerprint density at radius 1 is 1.43 bits per heavy atom. The van der Waals surface area contributed by atoms with Crippen LogP contribution in [-0.4, -0.2) is 68.5 Å². The topological polar surface area (TPSA) is 82.4 Å². The van der Waals surface area contributed by atoms with Crippen LogP contribution in [0.4, 0.5) is 4.79 Å². The molecule has 1 amide bonds. The molecule has 0 radical (unpaired) electrons. The van der Waals surface area contributed by atoms with Gasteiger partial charge in [-0.3, -0.25) is 0 Å². The summed E-state index contributed by atoms with van der Waals surface area (Å²) in [6, 6.07) is -0.398. The van der Waals surface area contributed by atoms with Crippen molar-refractivity contribution in [3.63, 3.8) is 0 Å². The molecular weight excluding hydrogens is 342 g/mol. The summed E-state index contributed by atoms with van der Waals surface area (Å²) < 4.78 is 5.88. The molecule has 2 aliphatic rings. The van der Waals surface area contributed by atoms with E-state index in [9.17, 15) is 14.7 Å². The summed E-state index contributed by atoms with van der Waals surface area (Å²) in [5.74, 6) is -1.00. The second kappa shape index (κ2) is 5.15. The van der Waals surface area contributed by atoms with E-state index in [0.29, 0.717) is 17.8 Å². The molecule has 2 aliphatic heterocycles. The van der Waals surface area contributed by atoms with Gasteiger partial charge < -0.3 is 19.6 Å². The summed E-state index contributed by atoms with van der Waals surface area (Å²) in [4.78, 5) is 31.3. The molecule has 1 fully saturated rings. The Labute approximate surface area is 132 Å². The number of aliphatic imine (C=N–C) groups is 1. The first kappa shape index (κ1) is 16.1. The number of piperazine rings is 1. The van der Waals surface area contributed by atoms with Gasteiger partial charge in [0.25, 0.3) is 0 Å². The largest absolute Gasteiger partial charge is 0.479 e. The molecule has 0 spiro atoms. The first-order valence-electron chi connectivity index (χ1n) is 6.78. The van der Waals surface area contributed by atoms with Crippen molar-refractivity contribution in [1.29, 1.82) is 0 Å². The number of nitrogens with zero attached hydrogens (tertiary/aromatic N) is 3. The summed E-state index contributed by atoms with van der Waals surface area (Å²) in [6.07, 6.45) is -0.419. The van der Waals surface area contributed by atoms with Crippen LogP contribution in [0.3, 0.4) is 0 Å². The number of carboxylic acids is 1. The van der Waals surface area contributed by atoms with Crippen molar-refractivity contribution in [2.24, 2.45) is 4.99 Å². The minimum atomic E-state index is -1.26. The predicted octanol–water partition coefficient (Wildman–Crippen LogP) is 1.52. The molecule has 0 saturated carbocycles. The van der Waals surface area contributed by atoms with Crippen LogP contribution in [0.15, 0.2) is 4.99 Å². The summed E-state index contributed by atoms with van der Waals surface area (Å²) in [5.41, 5.74) is -1.84. The highest BCUT2D eigenvalue weighted by Gasteiger charge is 2.53. The number of hydrogen-bond acceptors (Lipinski definition) is 5. The number of fused-ring (bicyclic) bond motifs is 1. The molecule has 0 aromatic carbocycles. The van der Waals surface area contributed by atoms with E-state index in [0.717, 1.165) is 0 Å². The van der Waals surface area contributed by atoms with Crippen molar-refractivity contribution in [2.45, 2.75) is 44.9 Å². The Morgan fingerprint density at radius 3 is 2.57 bits per heavy atom. The van der Waals surface area contributed by atoms with Crippen LogP contribution >= 0.6 is 15.9 Å². The van der Waals surface area contributed by atoms with Crippen molar-refractivity contribution in [3.05, 3.63) is 0 Å². The molecular formula is C13H20BrN3O4. The summed E-state index contributed by atoms with van der Waals surface area (Å²) in [7, 11) is 0. The molecule has 7 nitrogen and oxygen atoms in total. The molecule has 0 aromatic heterocycles. The van der Waals surface area contributed by atoms with Crippen LogP contribution in [0.25, 0.3) is 0 Å². The third kappa shape index (κ3) is 3.00. The van der Waals surface area contributed by atoms with E-state index in [1.165, 1.54) is 0 Å². The van der Waals surface area contributed by atoms with Gasteiger partial charge in [-0.2, -0.15) is 0 Å². The first-order chi connectivity index (χ1) is 9.54. The lowest BCUT2D eigenvalue weighted by Crippen LogP contribution is -2.61. The van der Waals surface area contributed by atoms with Crippen molar-refractivity contribution in [3.8, 4) is 0 Å².